The van der Waals surface area contributed by atoms with Gasteiger partial charge >= 0.3 is 0 Å². The van der Waals surface area contributed by atoms with E-state index >= 15 is 0 Å². The van der Waals surface area contributed by atoms with E-state index in [1.807, 2.05) is 0 Å². The molecule has 21 heavy (non-hydrogen) atoms. The average Bonchev–Trinajstić information content (AvgIpc) is 2.68. The fourth-order valence-electron chi connectivity index (χ4n) is 2.98. The highest BCUT2D eigenvalue weighted by atomic mass is 16.2. The summed E-state index contributed by atoms with van der Waals surface area (Å²) in [5, 5.41) is 3.57. The minimum atomic E-state index is 0.0579. The number of carbonyl (C=O) groups excluding carboxylic acids is 1. The Kier molecular flexibility index (Phi) is 8.27. The van der Waals surface area contributed by atoms with Crippen LogP contribution in [0.15, 0.2) is 0 Å². The Hall–Kier alpha value is -0.610. The van der Waals surface area contributed by atoms with E-state index in [0.29, 0.717) is 11.8 Å². The maximum absolute atomic E-state index is 12.6. The quantitative estimate of drug-likeness (QED) is 0.630. The number of unbranched alkanes of at least 4 members (excludes halogenated alkanes) is 2. The molecule has 4 nitrogen and oxygen atoms in total. The molecule has 1 rings (SSSR count). The molecule has 0 radical (unpaired) electrons. The van der Waals surface area contributed by atoms with Crippen LogP contribution >= 0.6 is 0 Å². The molecule has 1 N–H and O–H groups in total. The minimum Gasteiger partial charge on any atom is -0.326 e. The number of nitrogens with one attached hydrogen (secondary N) is 1. The summed E-state index contributed by atoms with van der Waals surface area (Å²) < 4.78 is 0. The molecule has 0 aliphatic carbocycles. The van der Waals surface area contributed by atoms with E-state index in [4.69, 9.17) is 0 Å². The predicted octanol–water partition coefficient (Wildman–Crippen LogP) is 2.69. The molecule has 1 fully saturated rings. The van der Waals surface area contributed by atoms with E-state index in [1.54, 1.807) is 0 Å². The molecule has 2 unspecified atom stereocenters. The fraction of sp³-hybridized carbons (Fsp3) is 0.941. The Bertz CT molecular complexity index is 304. The van der Waals surface area contributed by atoms with Crippen LogP contribution in [-0.2, 0) is 4.79 Å². The second kappa shape index (κ2) is 9.42. The van der Waals surface area contributed by atoms with Crippen LogP contribution in [-0.4, -0.2) is 55.1 Å². The van der Waals surface area contributed by atoms with E-state index in [0.717, 1.165) is 51.6 Å². The summed E-state index contributed by atoms with van der Waals surface area (Å²) >= 11 is 0. The lowest BCUT2D eigenvalue weighted by atomic mass is 10.1. The molecular formula is C17H35N3O. The zero-order valence-corrected chi connectivity index (χ0v) is 14.7. The van der Waals surface area contributed by atoms with Crippen molar-refractivity contribution in [3.05, 3.63) is 0 Å². The number of hydrogen-bond acceptors (Lipinski definition) is 3. The molecule has 1 aliphatic heterocycles. The van der Waals surface area contributed by atoms with Crippen LogP contribution in [0.3, 0.4) is 0 Å². The van der Waals surface area contributed by atoms with E-state index in [-0.39, 0.29) is 12.2 Å². The summed E-state index contributed by atoms with van der Waals surface area (Å²) in [7, 11) is 4.20. The molecule has 1 saturated heterocycles. The van der Waals surface area contributed by atoms with Gasteiger partial charge < -0.3 is 9.80 Å². The van der Waals surface area contributed by atoms with Crippen molar-refractivity contribution >= 4 is 5.91 Å². The van der Waals surface area contributed by atoms with Crippen molar-refractivity contribution in [2.75, 3.05) is 27.2 Å². The first-order chi connectivity index (χ1) is 9.95. The standard InChI is InChI=1S/C17H35N3O/c1-6-7-10-15-17(21)20(12-9-8-11-19(4)5)16(18-15)13-14(2)3/h14-16,18H,6-13H2,1-5H3. The zero-order chi connectivity index (χ0) is 15.8. The van der Waals surface area contributed by atoms with Crippen molar-refractivity contribution < 1.29 is 4.79 Å². The number of amides is 1. The smallest absolute Gasteiger partial charge is 0.241 e. The topological polar surface area (TPSA) is 35.6 Å². The van der Waals surface area contributed by atoms with E-state index in [1.165, 1.54) is 0 Å². The summed E-state index contributed by atoms with van der Waals surface area (Å²) in [5.74, 6) is 0.948. The van der Waals surface area contributed by atoms with Crippen LogP contribution in [0.2, 0.25) is 0 Å². The Morgan fingerprint density at radius 3 is 2.52 bits per heavy atom. The summed E-state index contributed by atoms with van der Waals surface area (Å²) in [6.07, 6.45) is 6.83. The van der Waals surface area contributed by atoms with Crippen LogP contribution in [0.1, 0.15) is 59.3 Å². The largest absolute Gasteiger partial charge is 0.326 e. The van der Waals surface area contributed by atoms with Gasteiger partial charge in [-0.05, 0) is 52.2 Å². The third kappa shape index (κ3) is 6.35. The summed E-state index contributed by atoms with van der Waals surface area (Å²) in [5.41, 5.74) is 0. The van der Waals surface area contributed by atoms with Crippen molar-refractivity contribution in [2.45, 2.75) is 71.5 Å². The van der Waals surface area contributed by atoms with Gasteiger partial charge in [-0.1, -0.05) is 33.6 Å². The van der Waals surface area contributed by atoms with Crippen molar-refractivity contribution in [1.29, 1.82) is 0 Å². The van der Waals surface area contributed by atoms with Gasteiger partial charge in [0.25, 0.3) is 0 Å². The number of carbonyl (C=O) groups is 1. The Balaban J connectivity index is 2.51. The summed E-state index contributed by atoms with van der Waals surface area (Å²) in [4.78, 5) is 16.9. The third-order valence-corrected chi connectivity index (χ3v) is 4.15. The molecule has 0 aromatic rings. The molecule has 0 spiro atoms. The molecule has 1 heterocycles. The first-order valence-corrected chi connectivity index (χ1v) is 8.67. The van der Waals surface area contributed by atoms with Gasteiger partial charge in [0.05, 0.1) is 12.2 Å². The van der Waals surface area contributed by atoms with Gasteiger partial charge in [0.15, 0.2) is 0 Å². The molecule has 1 aliphatic rings. The molecule has 0 aromatic heterocycles. The molecule has 0 aromatic carbocycles. The Morgan fingerprint density at radius 1 is 1.24 bits per heavy atom. The minimum absolute atomic E-state index is 0.0579. The van der Waals surface area contributed by atoms with Gasteiger partial charge in [0.1, 0.15) is 0 Å². The zero-order valence-electron chi connectivity index (χ0n) is 14.7. The van der Waals surface area contributed by atoms with Gasteiger partial charge in [0.2, 0.25) is 5.91 Å². The first kappa shape index (κ1) is 18.4. The van der Waals surface area contributed by atoms with Gasteiger partial charge in [-0.2, -0.15) is 0 Å². The van der Waals surface area contributed by atoms with Crippen LogP contribution in [0, 0.1) is 5.92 Å². The third-order valence-electron chi connectivity index (χ3n) is 4.15. The van der Waals surface area contributed by atoms with Crippen molar-refractivity contribution in [2.24, 2.45) is 5.92 Å². The van der Waals surface area contributed by atoms with E-state index in [9.17, 15) is 4.79 Å². The van der Waals surface area contributed by atoms with Crippen molar-refractivity contribution in [3.8, 4) is 0 Å². The Labute approximate surface area is 131 Å². The highest BCUT2D eigenvalue weighted by molar-refractivity contribution is 5.84. The molecule has 0 bridgehead atoms. The maximum Gasteiger partial charge on any atom is 0.241 e. The first-order valence-electron chi connectivity index (χ1n) is 8.67. The molecule has 2 atom stereocenters. The van der Waals surface area contributed by atoms with Crippen molar-refractivity contribution in [3.63, 3.8) is 0 Å². The van der Waals surface area contributed by atoms with Crippen LogP contribution in [0.25, 0.3) is 0 Å². The second-order valence-corrected chi connectivity index (χ2v) is 7.05. The van der Waals surface area contributed by atoms with E-state index in [2.05, 4.69) is 50.0 Å². The molecule has 0 saturated carbocycles. The predicted molar refractivity (Wildman–Crippen MR) is 89.2 cm³/mol. The number of hydrogen-bond donors (Lipinski definition) is 1. The SMILES string of the molecule is CCCCC1NC(CC(C)C)N(CCCCN(C)C)C1=O. The number of nitrogens with zero attached hydrogens (tertiary/aromatic N) is 2. The highest BCUT2D eigenvalue weighted by Crippen LogP contribution is 2.21. The van der Waals surface area contributed by atoms with Crippen LogP contribution in [0.4, 0.5) is 0 Å². The van der Waals surface area contributed by atoms with Gasteiger partial charge in [-0.25, -0.2) is 0 Å². The van der Waals surface area contributed by atoms with Gasteiger partial charge in [-0.15, -0.1) is 0 Å². The second-order valence-electron chi connectivity index (χ2n) is 7.05. The lowest BCUT2D eigenvalue weighted by Crippen LogP contribution is -2.39. The molecule has 1 amide bonds. The number of rotatable bonds is 10. The maximum atomic E-state index is 12.6. The van der Waals surface area contributed by atoms with Gasteiger partial charge in [0, 0.05) is 6.54 Å². The summed E-state index contributed by atoms with van der Waals surface area (Å²) in [6.45, 7) is 8.65. The van der Waals surface area contributed by atoms with Gasteiger partial charge in [-0.3, -0.25) is 10.1 Å². The van der Waals surface area contributed by atoms with Crippen LogP contribution in [0.5, 0.6) is 0 Å². The monoisotopic (exact) mass is 297 g/mol. The average molecular weight is 297 g/mol. The fourth-order valence-corrected chi connectivity index (χ4v) is 2.98. The Morgan fingerprint density at radius 2 is 1.95 bits per heavy atom. The summed E-state index contributed by atoms with van der Waals surface area (Å²) in [6, 6.07) is 0.0579. The lowest BCUT2D eigenvalue weighted by Gasteiger charge is -2.25. The molecule has 4 heteroatoms. The highest BCUT2D eigenvalue weighted by Gasteiger charge is 2.37. The normalized spacial score (nSPS) is 22.8. The molecule has 124 valence electrons. The van der Waals surface area contributed by atoms with E-state index < -0.39 is 0 Å². The molecular weight excluding hydrogens is 262 g/mol. The van der Waals surface area contributed by atoms with Crippen molar-refractivity contribution in [1.82, 2.24) is 15.1 Å². The van der Waals surface area contributed by atoms with Crippen LogP contribution < -0.4 is 5.32 Å². The lowest BCUT2D eigenvalue weighted by molar-refractivity contribution is -0.130.